The van der Waals surface area contributed by atoms with Crippen LogP contribution in [0, 0.1) is 18.2 Å². The van der Waals surface area contributed by atoms with Gasteiger partial charge in [0.15, 0.2) is 5.96 Å². The number of nitrogens with zero attached hydrogens (tertiary/aromatic N) is 2. The summed E-state index contributed by atoms with van der Waals surface area (Å²) in [6, 6.07) is 9.40. The average molecular weight is 326 g/mol. The molecule has 6 heteroatoms. The molecule has 0 amide bonds. The van der Waals surface area contributed by atoms with Crippen molar-refractivity contribution in [2.45, 2.75) is 13.5 Å². The van der Waals surface area contributed by atoms with Gasteiger partial charge in [0.05, 0.1) is 13.1 Å². The SMILES string of the molecule is C#CCNC(=NCc1ccc(Oc2ccc(F)cc2)nc1)NCC. The lowest BCUT2D eigenvalue weighted by Crippen LogP contribution is -2.37. The summed E-state index contributed by atoms with van der Waals surface area (Å²) in [6.45, 7) is 3.60. The minimum absolute atomic E-state index is 0.307. The van der Waals surface area contributed by atoms with Gasteiger partial charge in [-0.1, -0.05) is 12.0 Å². The van der Waals surface area contributed by atoms with Gasteiger partial charge in [-0.25, -0.2) is 14.4 Å². The summed E-state index contributed by atoms with van der Waals surface area (Å²) in [7, 11) is 0. The Morgan fingerprint density at radius 2 is 2.04 bits per heavy atom. The zero-order valence-corrected chi connectivity index (χ0v) is 13.4. The van der Waals surface area contributed by atoms with Gasteiger partial charge >= 0.3 is 0 Å². The predicted octanol–water partition coefficient (Wildman–Crippen LogP) is 2.70. The molecule has 2 N–H and O–H groups in total. The molecule has 2 rings (SSSR count). The Kier molecular flexibility index (Phi) is 6.59. The first-order valence-electron chi connectivity index (χ1n) is 7.55. The molecule has 0 saturated heterocycles. The van der Waals surface area contributed by atoms with Crippen LogP contribution in [0.2, 0.25) is 0 Å². The number of hydrogen-bond acceptors (Lipinski definition) is 3. The first-order valence-corrected chi connectivity index (χ1v) is 7.55. The molecule has 5 nitrogen and oxygen atoms in total. The van der Waals surface area contributed by atoms with Crippen molar-refractivity contribution in [3.63, 3.8) is 0 Å². The van der Waals surface area contributed by atoms with Crippen LogP contribution in [0.3, 0.4) is 0 Å². The van der Waals surface area contributed by atoms with Crippen LogP contribution < -0.4 is 15.4 Å². The number of aromatic nitrogens is 1. The number of ether oxygens (including phenoxy) is 1. The summed E-state index contributed by atoms with van der Waals surface area (Å²) in [4.78, 5) is 8.65. The molecule has 0 unspecified atom stereocenters. The summed E-state index contributed by atoms with van der Waals surface area (Å²) in [6.07, 6.45) is 6.92. The zero-order valence-electron chi connectivity index (χ0n) is 13.4. The van der Waals surface area contributed by atoms with E-state index >= 15 is 0 Å². The van der Waals surface area contributed by atoms with Gasteiger partial charge in [0, 0.05) is 18.8 Å². The molecule has 0 aliphatic heterocycles. The summed E-state index contributed by atoms with van der Waals surface area (Å²) in [5.41, 5.74) is 0.930. The van der Waals surface area contributed by atoms with E-state index in [1.165, 1.54) is 12.1 Å². The van der Waals surface area contributed by atoms with Crippen molar-refractivity contribution in [2.75, 3.05) is 13.1 Å². The Morgan fingerprint density at radius 1 is 1.25 bits per heavy atom. The van der Waals surface area contributed by atoms with Crippen LogP contribution in [0.15, 0.2) is 47.6 Å². The third-order valence-electron chi connectivity index (χ3n) is 2.96. The molecule has 0 aliphatic carbocycles. The van der Waals surface area contributed by atoms with Crippen molar-refractivity contribution >= 4 is 5.96 Å². The zero-order chi connectivity index (χ0) is 17.2. The number of pyridine rings is 1. The summed E-state index contributed by atoms with van der Waals surface area (Å²) in [5, 5.41) is 6.12. The van der Waals surface area contributed by atoms with Crippen LogP contribution >= 0.6 is 0 Å². The highest BCUT2D eigenvalue weighted by Crippen LogP contribution is 2.19. The molecule has 0 aliphatic rings. The molecule has 0 bridgehead atoms. The molecule has 2 aromatic rings. The van der Waals surface area contributed by atoms with E-state index in [4.69, 9.17) is 11.2 Å². The Bertz CT molecular complexity index is 705. The van der Waals surface area contributed by atoms with Gasteiger partial charge in [0.2, 0.25) is 5.88 Å². The summed E-state index contributed by atoms with van der Waals surface area (Å²) < 4.78 is 18.4. The molecular formula is C18H19FN4O. The Balaban J connectivity index is 1.95. The number of terminal acetylenes is 1. The Hall–Kier alpha value is -3.07. The van der Waals surface area contributed by atoms with Crippen molar-refractivity contribution in [2.24, 2.45) is 4.99 Å². The maximum absolute atomic E-state index is 12.9. The smallest absolute Gasteiger partial charge is 0.219 e. The van der Waals surface area contributed by atoms with E-state index < -0.39 is 0 Å². The van der Waals surface area contributed by atoms with E-state index in [2.05, 4.69) is 26.5 Å². The monoisotopic (exact) mass is 326 g/mol. The van der Waals surface area contributed by atoms with Gasteiger partial charge in [0.1, 0.15) is 11.6 Å². The van der Waals surface area contributed by atoms with Crippen molar-refractivity contribution < 1.29 is 9.13 Å². The van der Waals surface area contributed by atoms with Gasteiger partial charge in [-0.05, 0) is 36.8 Å². The maximum Gasteiger partial charge on any atom is 0.219 e. The number of halogens is 1. The van der Waals surface area contributed by atoms with Crippen molar-refractivity contribution in [1.29, 1.82) is 0 Å². The van der Waals surface area contributed by atoms with Gasteiger partial charge in [-0.2, -0.15) is 0 Å². The molecule has 1 heterocycles. The highest BCUT2D eigenvalue weighted by atomic mass is 19.1. The molecule has 1 aromatic carbocycles. The third kappa shape index (κ3) is 5.61. The third-order valence-corrected chi connectivity index (χ3v) is 2.96. The summed E-state index contributed by atoms with van der Waals surface area (Å²) in [5.74, 6) is 3.82. The predicted molar refractivity (Wildman–Crippen MR) is 92.4 cm³/mol. The quantitative estimate of drug-likeness (QED) is 0.487. The molecular weight excluding hydrogens is 307 g/mol. The van der Waals surface area contributed by atoms with Gasteiger partial charge in [-0.3, -0.25) is 0 Å². The summed E-state index contributed by atoms with van der Waals surface area (Å²) >= 11 is 0. The van der Waals surface area contributed by atoms with E-state index in [1.54, 1.807) is 24.4 Å². The lowest BCUT2D eigenvalue weighted by Gasteiger charge is -2.09. The fraction of sp³-hybridized carbons (Fsp3) is 0.222. The van der Waals surface area contributed by atoms with Gasteiger partial charge < -0.3 is 15.4 Å². The van der Waals surface area contributed by atoms with Crippen LogP contribution in [-0.2, 0) is 6.54 Å². The lowest BCUT2D eigenvalue weighted by molar-refractivity contribution is 0.461. The number of rotatable bonds is 6. The second kappa shape index (κ2) is 9.16. The van der Waals surface area contributed by atoms with E-state index in [9.17, 15) is 4.39 Å². The molecule has 24 heavy (non-hydrogen) atoms. The minimum Gasteiger partial charge on any atom is -0.439 e. The lowest BCUT2D eigenvalue weighted by atomic mass is 10.3. The standard InChI is InChI=1S/C18H19FN4O/c1-3-11-21-18(20-4-2)23-13-14-5-10-17(22-12-14)24-16-8-6-15(19)7-9-16/h1,5-10,12H,4,11,13H2,2H3,(H2,20,21,23). The largest absolute Gasteiger partial charge is 0.439 e. The van der Waals surface area contributed by atoms with Crippen molar-refractivity contribution in [3.05, 3.63) is 54.0 Å². The average Bonchev–Trinajstić information content (AvgIpc) is 2.60. The van der Waals surface area contributed by atoms with Gasteiger partial charge in [-0.15, -0.1) is 6.42 Å². The molecule has 0 spiro atoms. The van der Waals surface area contributed by atoms with Crippen molar-refractivity contribution in [3.8, 4) is 24.0 Å². The van der Waals surface area contributed by atoms with Gasteiger partial charge in [0.25, 0.3) is 0 Å². The van der Waals surface area contributed by atoms with E-state index in [-0.39, 0.29) is 5.82 Å². The second-order valence-electron chi connectivity index (χ2n) is 4.81. The highest BCUT2D eigenvalue weighted by Gasteiger charge is 2.01. The molecule has 124 valence electrons. The molecule has 1 aromatic heterocycles. The first-order chi connectivity index (χ1) is 11.7. The first kappa shape index (κ1) is 17.3. The number of guanidine groups is 1. The molecule has 0 saturated carbocycles. The van der Waals surface area contributed by atoms with E-state index in [1.807, 2.05) is 13.0 Å². The fourth-order valence-electron chi connectivity index (χ4n) is 1.84. The van der Waals surface area contributed by atoms with Crippen LogP contribution in [0.1, 0.15) is 12.5 Å². The van der Waals surface area contributed by atoms with Crippen LogP contribution in [0.5, 0.6) is 11.6 Å². The van der Waals surface area contributed by atoms with Crippen LogP contribution in [0.25, 0.3) is 0 Å². The van der Waals surface area contributed by atoms with E-state index in [0.717, 1.165) is 12.1 Å². The fourth-order valence-corrected chi connectivity index (χ4v) is 1.84. The minimum atomic E-state index is -0.307. The Labute approximate surface area is 141 Å². The number of aliphatic imine (C=N–C) groups is 1. The van der Waals surface area contributed by atoms with Crippen LogP contribution in [-0.4, -0.2) is 24.0 Å². The topological polar surface area (TPSA) is 58.5 Å². The maximum atomic E-state index is 12.9. The number of benzene rings is 1. The second-order valence-corrected chi connectivity index (χ2v) is 4.81. The van der Waals surface area contributed by atoms with Crippen LogP contribution in [0.4, 0.5) is 4.39 Å². The number of hydrogen-bond donors (Lipinski definition) is 2. The number of nitrogens with one attached hydrogen (secondary N) is 2. The van der Waals surface area contributed by atoms with Crippen molar-refractivity contribution in [1.82, 2.24) is 15.6 Å². The molecule has 0 radical (unpaired) electrons. The molecule has 0 fully saturated rings. The highest BCUT2D eigenvalue weighted by molar-refractivity contribution is 5.79. The molecule has 0 atom stereocenters. The Morgan fingerprint density at radius 3 is 2.67 bits per heavy atom. The normalized spacial score (nSPS) is 10.8. The van der Waals surface area contributed by atoms with E-state index in [0.29, 0.717) is 30.7 Å².